The lowest BCUT2D eigenvalue weighted by molar-refractivity contribution is 0.166. The largest absolute Gasteiger partial charge is 0.357 e. The van der Waals surface area contributed by atoms with E-state index in [0.29, 0.717) is 10.9 Å². The number of halogens is 1. The van der Waals surface area contributed by atoms with E-state index >= 15 is 0 Å². The molecule has 0 saturated carbocycles. The summed E-state index contributed by atoms with van der Waals surface area (Å²) in [7, 11) is -3.13. The summed E-state index contributed by atoms with van der Waals surface area (Å²) in [6.45, 7) is 8.94. The molecule has 1 aromatic rings. The van der Waals surface area contributed by atoms with Crippen LogP contribution in [0.2, 0.25) is 0 Å². The average Bonchev–Trinajstić information content (AvgIpc) is 2.63. The monoisotopic (exact) mass is 522 g/mol. The average molecular weight is 522 g/mol. The molecule has 160 valence electrons. The summed E-state index contributed by atoms with van der Waals surface area (Å²) in [5.74, 6) is 0.843. The summed E-state index contributed by atoms with van der Waals surface area (Å²) in [4.78, 5) is 7.58. The van der Waals surface area contributed by atoms with E-state index in [-0.39, 0.29) is 24.0 Å². The van der Waals surface area contributed by atoms with Crippen molar-refractivity contribution in [3.63, 3.8) is 0 Å². The van der Waals surface area contributed by atoms with Crippen LogP contribution in [0.3, 0.4) is 0 Å². The van der Waals surface area contributed by atoms with Gasteiger partial charge in [0.25, 0.3) is 0 Å². The van der Waals surface area contributed by atoms with E-state index in [1.807, 2.05) is 12.1 Å². The van der Waals surface area contributed by atoms with Crippen LogP contribution in [0.4, 0.5) is 0 Å². The fourth-order valence-corrected chi connectivity index (χ4v) is 3.98. The number of nitrogens with one attached hydrogen (secondary N) is 2. The highest BCUT2D eigenvalue weighted by Gasteiger charge is 2.17. The molecule has 6 nitrogen and oxygen atoms in total. The summed E-state index contributed by atoms with van der Waals surface area (Å²) in [6, 6.07) is 7.76. The van der Waals surface area contributed by atoms with Crippen LogP contribution < -0.4 is 10.6 Å². The van der Waals surface area contributed by atoms with E-state index in [0.717, 1.165) is 44.1 Å². The summed E-state index contributed by atoms with van der Waals surface area (Å²) in [5.41, 5.74) is 1.10. The molecule has 1 unspecified atom stereocenters. The lowest BCUT2D eigenvalue weighted by Gasteiger charge is -2.32. The van der Waals surface area contributed by atoms with Crippen LogP contribution in [0.25, 0.3) is 0 Å². The number of hydrogen-bond acceptors (Lipinski definition) is 4. The van der Waals surface area contributed by atoms with Crippen molar-refractivity contribution in [3.05, 3.63) is 29.8 Å². The van der Waals surface area contributed by atoms with Crippen LogP contribution in [-0.4, -0.2) is 64.3 Å². The Morgan fingerprint density at radius 3 is 2.54 bits per heavy atom. The second-order valence-corrected chi connectivity index (χ2v) is 9.25. The summed E-state index contributed by atoms with van der Waals surface area (Å²) in [5, 5.41) is 6.65. The number of sulfone groups is 1. The molecular formula is C20H35IN4O2S. The van der Waals surface area contributed by atoms with Crippen molar-refractivity contribution >= 4 is 39.8 Å². The lowest BCUT2D eigenvalue weighted by Crippen LogP contribution is -2.41. The van der Waals surface area contributed by atoms with Gasteiger partial charge in [-0.1, -0.05) is 18.6 Å². The molecule has 0 spiro atoms. The quantitative estimate of drug-likeness (QED) is 0.312. The molecule has 1 aliphatic heterocycles. The minimum atomic E-state index is -3.13. The molecule has 0 amide bonds. The van der Waals surface area contributed by atoms with Crippen LogP contribution in [0.15, 0.2) is 34.2 Å². The van der Waals surface area contributed by atoms with Crippen molar-refractivity contribution in [1.82, 2.24) is 15.5 Å². The van der Waals surface area contributed by atoms with Crippen molar-refractivity contribution < 1.29 is 8.42 Å². The van der Waals surface area contributed by atoms with Gasteiger partial charge in [-0.25, -0.2) is 8.42 Å². The van der Waals surface area contributed by atoms with Crippen molar-refractivity contribution in [2.75, 3.05) is 39.0 Å². The zero-order valence-electron chi connectivity index (χ0n) is 17.3. The van der Waals surface area contributed by atoms with Gasteiger partial charge in [-0.3, -0.25) is 9.89 Å². The molecule has 1 heterocycles. The van der Waals surface area contributed by atoms with Gasteiger partial charge in [0.15, 0.2) is 15.8 Å². The van der Waals surface area contributed by atoms with E-state index < -0.39 is 9.84 Å². The molecule has 28 heavy (non-hydrogen) atoms. The van der Waals surface area contributed by atoms with Gasteiger partial charge in [-0.05, 0) is 57.4 Å². The van der Waals surface area contributed by atoms with Crippen molar-refractivity contribution in [2.45, 2.75) is 50.5 Å². The number of hydrogen-bond donors (Lipinski definition) is 2. The van der Waals surface area contributed by atoms with Crippen molar-refractivity contribution in [1.29, 1.82) is 0 Å². The molecule has 8 heteroatoms. The fraction of sp³-hybridized carbons (Fsp3) is 0.650. The third-order valence-corrected chi connectivity index (χ3v) is 6.13. The van der Waals surface area contributed by atoms with Gasteiger partial charge in [0.1, 0.15) is 0 Å². The first kappa shape index (κ1) is 25.2. The van der Waals surface area contributed by atoms with Crippen molar-refractivity contribution in [2.24, 2.45) is 4.99 Å². The molecule has 1 saturated heterocycles. The predicted molar refractivity (Wildman–Crippen MR) is 128 cm³/mol. The van der Waals surface area contributed by atoms with Crippen LogP contribution >= 0.6 is 24.0 Å². The predicted octanol–water partition coefficient (Wildman–Crippen LogP) is 2.68. The van der Waals surface area contributed by atoms with Crippen molar-refractivity contribution in [3.8, 4) is 0 Å². The van der Waals surface area contributed by atoms with Crippen LogP contribution in [0.1, 0.15) is 38.7 Å². The number of benzene rings is 1. The summed E-state index contributed by atoms with van der Waals surface area (Å²) in [6.07, 6.45) is 5.98. The Balaban J connectivity index is 0.00000392. The second kappa shape index (κ2) is 12.6. The Morgan fingerprint density at radius 2 is 1.93 bits per heavy atom. The van der Waals surface area contributed by atoms with Gasteiger partial charge in [-0.15, -0.1) is 24.0 Å². The smallest absolute Gasteiger partial charge is 0.191 e. The molecule has 0 bridgehead atoms. The zero-order chi connectivity index (χ0) is 19.7. The maximum atomic E-state index is 11.5. The summed E-state index contributed by atoms with van der Waals surface area (Å²) < 4.78 is 23.0. The third-order valence-electron chi connectivity index (χ3n) is 5.00. The molecule has 2 N–H and O–H groups in total. The molecule has 1 aliphatic rings. The fourth-order valence-electron chi connectivity index (χ4n) is 3.35. The molecule has 2 rings (SSSR count). The number of guanidine groups is 1. The summed E-state index contributed by atoms with van der Waals surface area (Å²) >= 11 is 0. The first-order chi connectivity index (χ1) is 12.9. The molecule has 0 aromatic heterocycles. The van der Waals surface area contributed by atoms with Gasteiger partial charge >= 0.3 is 0 Å². The van der Waals surface area contributed by atoms with Crippen LogP contribution in [0.5, 0.6) is 0 Å². The molecule has 0 radical (unpaired) electrons. The third kappa shape index (κ3) is 8.65. The number of nitrogens with zero attached hydrogens (tertiary/aromatic N) is 2. The highest BCUT2D eigenvalue weighted by molar-refractivity contribution is 14.0. The maximum absolute atomic E-state index is 11.5. The zero-order valence-corrected chi connectivity index (χ0v) is 20.4. The van der Waals surface area contributed by atoms with E-state index in [4.69, 9.17) is 4.99 Å². The standard InChI is InChI=1S/C20H34N4O2S.HI/c1-4-21-20(23-14-16-24-15-6-5-7-17(24)2)22-13-12-18-8-10-19(11-9-18)27(3,25)26;/h8-11,17H,4-7,12-16H2,1-3H3,(H2,21,22,23);1H. The molecule has 1 aromatic carbocycles. The molecular weight excluding hydrogens is 487 g/mol. The normalized spacial score (nSPS) is 18.4. The molecule has 0 aliphatic carbocycles. The first-order valence-electron chi connectivity index (χ1n) is 9.95. The van der Waals surface area contributed by atoms with E-state index in [9.17, 15) is 8.42 Å². The first-order valence-corrected chi connectivity index (χ1v) is 11.8. The number of piperidine rings is 1. The number of aliphatic imine (C=N–C) groups is 1. The van der Waals surface area contributed by atoms with Gasteiger partial charge in [0.2, 0.25) is 0 Å². The number of rotatable bonds is 8. The molecule has 1 atom stereocenters. The highest BCUT2D eigenvalue weighted by Crippen LogP contribution is 2.15. The Kier molecular flexibility index (Phi) is 11.4. The highest BCUT2D eigenvalue weighted by atomic mass is 127. The molecule has 1 fully saturated rings. The van der Waals surface area contributed by atoms with Crippen LogP contribution in [0, 0.1) is 0 Å². The Bertz CT molecular complexity index is 707. The van der Waals surface area contributed by atoms with E-state index in [2.05, 4.69) is 29.4 Å². The second-order valence-electron chi connectivity index (χ2n) is 7.23. The van der Waals surface area contributed by atoms with Gasteiger partial charge in [0.05, 0.1) is 11.4 Å². The Hall–Kier alpha value is -0.870. The maximum Gasteiger partial charge on any atom is 0.191 e. The minimum absolute atomic E-state index is 0. The topological polar surface area (TPSA) is 73.8 Å². The van der Waals surface area contributed by atoms with Gasteiger partial charge in [0, 0.05) is 31.9 Å². The number of likely N-dealkylation sites (tertiary alicyclic amines) is 1. The minimum Gasteiger partial charge on any atom is -0.357 e. The lowest BCUT2D eigenvalue weighted by atomic mass is 10.0. The van der Waals surface area contributed by atoms with E-state index in [1.54, 1.807) is 12.1 Å². The Morgan fingerprint density at radius 1 is 1.21 bits per heavy atom. The van der Waals surface area contributed by atoms with Gasteiger partial charge < -0.3 is 10.6 Å². The van der Waals surface area contributed by atoms with E-state index in [1.165, 1.54) is 32.1 Å². The van der Waals surface area contributed by atoms with Crippen LogP contribution in [-0.2, 0) is 16.3 Å². The van der Waals surface area contributed by atoms with Gasteiger partial charge in [-0.2, -0.15) is 0 Å². The SMILES string of the molecule is CCNC(=NCCN1CCCCC1C)NCCc1ccc(S(C)(=O)=O)cc1.I. The Labute approximate surface area is 187 Å².